The Morgan fingerprint density at radius 1 is 1.24 bits per heavy atom. The molecule has 200 valence electrons. The molecule has 1 fully saturated rings. The first kappa shape index (κ1) is 25.8. The summed E-state index contributed by atoms with van der Waals surface area (Å²) in [4.78, 5) is 14.8. The quantitative estimate of drug-likeness (QED) is 0.335. The first-order valence-electron chi connectivity index (χ1n) is 12.2. The van der Waals surface area contributed by atoms with Crippen molar-refractivity contribution < 1.29 is 33.0 Å². The first-order valence-corrected chi connectivity index (χ1v) is 12.2. The van der Waals surface area contributed by atoms with Crippen LogP contribution in [-0.4, -0.2) is 83.0 Å². The van der Waals surface area contributed by atoms with Gasteiger partial charge in [0.25, 0.3) is 5.91 Å². The van der Waals surface area contributed by atoms with Gasteiger partial charge in [-0.15, -0.1) is 0 Å². The summed E-state index contributed by atoms with van der Waals surface area (Å²) >= 11 is 0. The van der Waals surface area contributed by atoms with Crippen LogP contribution in [0.4, 0.5) is 4.39 Å². The molecule has 0 spiro atoms. The molecule has 5 rings (SSSR count). The SMILES string of the molecule is COCCOc1cc2[nH]nc(-c3cc(-c4ccc(C(=O)N5CCOC[C@@H]5C(C)(C)O)cc4)no3)c2cc1F. The van der Waals surface area contributed by atoms with E-state index in [0.29, 0.717) is 53.4 Å². The molecular formula is C27H29FN4O6. The number of aliphatic hydroxyl groups is 1. The van der Waals surface area contributed by atoms with E-state index in [2.05, 4.69) is 15.4 Å². The van der Waals surface area contributed by atoms with Gasteiger partial charge >= 0.3 is 0 Å². The van der Waals surface area contributed by atoms with Crippen molar-refractivity contribution in [2.24, 2.45) is 0 Å². The van der Waals surface area contributed by atoms with Crippen LogP contribution < -0.4 is 4.74 Å². The second-order valence-corrected chi connectivity index (χ2v) is 9.64. The van der Waals surface area contributed by atoms with Crippen molar-refractivity contribution in [1.82, 2.24) is 20.3 Å². The minimum Gasteiger partial charge on any atom is -0.488 e. The lowest BCUT2D eigenvalue weighted by molar-refractivity contribution is -0.0817. The lowest BCUT2D eigenvalue weighted by Gasteiger charge is -2.42. The van der Waals surface area contributed by atoms with Crippen molar-refractivity contribution in [3.63, 3.8) is 0 Å². The zero-order valence-corrected chi connectivity index (χ0v) is 21.4. The number of nitrogens with one attached hydrogen (secondary N) is 1. The van der Waals surface area contributed by atoms with Crippen LogP contribution in [0.25, 0.3) is 33.6 Å². The molecule has 1 atom stereocenters. The number of ether oxygens (including phenoxy) is 3. The van der Waals surface area contributed by atoms with Gasteiger partial charge in [0.2, 0.25) is 0 Å². The Labute approximate surface area is 218 Å². The van der Waals surface area contributed by atoms with Gasteiger partial charge in [0.1, 0.15) is 18.0 Å². The summed E-state index contributed by atoms with van der Waals surface area (Å²) in [6, 6.07) is 11.1. The number of nitrogens with zero attached hydrogens (tertiary/aromatic N) is 3. The predicted octanol–water partition coefficient (Wildman–Crippen LogP) is 3.66. The number of rotatable bonds is 8. The molecule has 3 heterocycles. The second-order valence-electron chi connectivity index (χ2n) is 9.64. The summed E-state index contributed by atoms with van der Waals surface area (Å²) < 4.78 is 36.0. The van der Waals surface area contributed by atoms with Gasteiger partial charge in [0, 0.05) is 42.3 Å². The smallest absolute Gasteiger partial charge is 0.254 e. The minimum atomic E-state index is -1.09. The normalized spacial score (nSPS) is 16.2. The Kier molecular flexibility index (Phi) is 7.15. The largest absolute Gasteiger partial charge is 0.488 e. The fourth-order valence-corrected chi connectivity index (χ4v) is 4.46. The molecule has 1 amide bonds. The van der Waals surface area contributed by atoms with E-state index in [9.17, 15) is 14.3 Å². The number of halogens is 1. The molecule has 10 nitrogen and oxygen atoms in total. The highest BCUT2D eigenvalue weighted by Gasteiger charge is 2.37. The maximum atomic E-state index is 14.6. The monoisotopic (exact) mass is 524 g/mol. The Morgan fingerprint density at radius 3 is 2.76 bits per heavy atom. The van der Waals surface area contributed by atoms with E-state index in [1.54, 1.807) is 62.3 Å². The maximum absolute atomic E-state index is 14.6. The number of carbonyl (C=O) groups excluding carboxylic acids is 1. The number of amides is 1. The number of benzene rings is 2. The predicted molar refractivity (Wildman–Crippen MR) is 136 cm³/mol. The molecule has 0 unspecified atom stereocenters. The van der Waals surface area contributed by atoms with E-state index in [1.165, 1.54) is 6.07 Å². The number of aromatic amines is 1. The molecule has 2 N–H and O–H groups in total. The Bertz CT molecular complexity index is 1430. The lowest BCUT2D eigenvalue weighted by Crippen LogP contribution is -2.58. The van der Waals surface area contributed by atoms with E-state index in [1.807, 2.05) is 0 Å². The van der Waals surface area contributed by atoms with Crippen LogP contribution in [0.15, 0.2) is 47.0 Å². The number of hydrogen-bond acceptors (Lipinski definition) is 8. The number of fused-ring (bicyclic) bond motifs is 1. The molecule has 1 aliphatic rings. The van der Waals surface area contributed by atoms with E-state index >= 15 is 0 Å². The van der Waals surface area contributed by atoms with Gasteiger partial charge in [0.15, 0.2) is 17.3 Å². The third-order valence-electron chi connectivity index (χ3n) is 6.54. The van der Waals surface area contributed by atoms with Crippen LogP contribution in [0.2, 0.25) is 0 Å². The number of carbonyl (C=O) groups is 1. The molecule has 0 saturated carbocycles. The molecular weight excluding hydrogens is 495 g/mol. The number of aromatic nitrogens is 3. The van der Waals surface area contributed by atoms with Gasteiger partial charge < -0.3 is 28.7 Å². The molecule has 2 aromatic heterocycles. The Balaban J connectivity index is 1.35. The van der Waals surface area contributed by atoms with Crippen molar-refractivity contribution in [3.05, 3.63) is 53.8 Å². The van der Waals surface area contributed by atoms with Crippen molar-refractivity contribution in [3.8, 4) is 28.5 Å². The topological polar surface area (TPSA) is 123 Å². The van der Waals surface area contributed by atoms with Gasteiger partial charge in [0.05, 0.1) is 37.0 Å². The van der Waals surface area contributed by atoms with Gasteiger partial charge in [-0.3, -0.25) is 9.89 Å². The van der Waals surface area contributed by atoms with E-state index in [4.69, 9.17) is 18.7 Å². The zero-order valence-electron chi connectivity index (χ0n) is 21.4. The van der Waals surface area contributed by atoms with Crippen LogP contribution in [0.3, 0.4) is 0 Å². The average molecular weight is 525 g/mol. The Hall–Kier alpha value is -3.80. The van der Waals surface area contributed by atoms with Crippen LogP contribution in [0.1, 0.15) is 24.2 Å². The number of hydrogen-bond donors (Lipinski definition) is 2. The molecule has 11 heteroatoms. The first-order chi connectivity index (χ1) is 18.3. The fourth-order valence-electron chi connectivity index (χ4n) is 4.46. The van der Waals surface area contributed by atoms with Crippen LogP contribution >= 0.6 is 0 Å². The summed E-state index contributed by atoms with van der Waals surface area (Å²) in [5.41, 5.74) is 1.67. The van der Waals surface area contributed by atoms with E-state index < -0.39 is 17.5 Å². The highest BCUT2D eigenvalue weighted by atomic mass is 19.1. The highest BCUT2D eigenvalue weighted by molar-refractivity contribution is 5.95. The molecule has 38 heavy (non-hydrogen) atoms. The highest BCUT2D eigenvalue weighted by Crippen LogP contribution is 2.33. The minimum absolute atomic E-state index is 0.101. The van der Waals surface area contributed by atoms with Crippen molar-refractivity contribution >= 4 is 16.8 Å². The molecule has 4 aromatic rings. The van der Waals surface area contributed by atoms with Gasteiger partial charge in [-0.25, -0.2) is 4.39 Å². The van der Waals surface area contributed by atoms with Crippen molar-refractivity contribution in [2.45, 2.75) is 25.5 Å². The molecule has 1 aliphatic heterocycles. The second kappa shape index (κ2) is 10.5. The lowest BCUT2D eigenvalue weighted by atomic mass is 9.96. The van der Waals surface area contributed by atoms with E-state index in [-0.39, 0.29) is 24.9 Å². The summed E-state index contributed by atoms with van der Waals surface area (Å²) in [5.74, 6) is -0.240. The van der Waals surface area contributed by atoms with Crippen LogP contribution in [0.5, 0.6) is 5.75 Å². The molecule has 1 saturated heterocycles. The van der Waals surface area contributed by atoms with Gasteiger partial charge in [-0.1, -0.05) is 17.3 Å². The van der Waals surface area contributed by atoms with Gasteiger partial charge in [-0.2, -0.15) is 5.10 Å². The Morgan fingerprint density at radius 2 is 2.03 bits per heavy atom. The maximum Gasteiger partial charge on any atom is 0.254 e. The number of H-pyrrole nitrogens is 1. The number of morpholine rings is 1. The third-order valence-corrected chi connectivity index (χ3v) is 6.54. The molecule has 2 aromatic carbocycles. The summed E-state index contributed by atoms with van der Waals surface area (Å²) in [7, 11) is 1.54. The van der Waals surface area contributed by atoms with E-state index in [0.717, 1.165) is 5.56 Å². The third kappa shape index (κ3) is 5.13. The summed E-state index contributed by atoms with van der Waals surface area (Å²) in [5, 5.41) is 22.3. The average Bonchev–Trinajstić information content (AvgIpc) is 3.55. The van der Waals surface area contributed by atoms with Crippen molar-refractivity contribution in [1.29, 1.82) is 0 Å². The van der Waals surface area contributed by atoms with Crippen molar-refractivity contribution in [2.75, 3.05) is 40.1 Å². The van der Waals surface area contributed by atoms with Crippen LogP contribution in [-0.2, 0) is 9.47 Å². The molecule has 0 bridgehead atoms. The fraction of sp³-hybridized carbons (Fsp3) is 0.370. The van der Waals surface area contributed by atoms with Crippen LogP contribution in [0, 0.1) is 5.82 Å². The standard InChI is InChI=1S/C27H29FN4O6/c1-27(2,34)24-15-36-9-8-32(24)26(33)17-6-4-16(5-7-17)20-13-23(38-31-20)25-18-12-19(28)22(37-11-10-35-3)14-21(18)29-30-25/h4-7,12-14,24,34H,8-11,15H2,1-3H3,(H,29,30)/t24-/m1/s1. The number of methoxy groups -OCH3 is 1. The molecule has 0 radical (unpaired) electrons. The molecule has 0 aliphatic carbocycles. The summed E-state index contributed by atoms with van der Waals surface area (Å²) in [6.45, 7) is 5.02. The zero-order chi connectivity index (χ0) is 26.9. The summed E-state index contributed by atoms with van der Waals surface area (Å²) in [6.07, 6.45) is 0. The van der Waals surface area contributed by atoms with Gasteiger partial charge in [-0.05, 0) is 32.0 Å².